The van der Waals surface area contributed by atoms with Crippen molar-refractivity contribution in [3.8, 4) is 6.07 Å². The Morgan fingerprint density at radius 2 is 1.69 bits per heavy atom. The van der Waals surface area contributed by atoms with E-state index in [-0.39, 0.29) is 5.91 Å². The van der Waals surface area contributed by atoms with Gasteiger partial charge >= 0.3 is 0 Å². The third kappa shape index (κ3) is 3.08. The topological polar surface area (TPSA) is 47.3 Å². The van der Waals surface area contributed by atoms with Crippen molar-refractivity contribution in [2.75, 3.05) is 26.2 Å². The molecule has 1 aliphatic heterocycles. The number of carbonyl (C=O) groups is 1. The smallest absolute Gasteiger partial charge is 0.243 e. The lowest BCUT2D eigenvalue weighted by molar-refractivity contribution is -0.140. The maximum atomic E-state index is 12.9. The van der Waals surface area contributed by atoms with E-state index >= 15 is 0 Å². The molecule has 0 aromatic heterocycles. The van der Waals surface area contributed by atoms with Gasteiger partial charge in [-0.1, -0.05) is 55.3 Å². The van der Waals surface area contributed by atoms with Gasteiger partial charge in [0, 0.05) is 32.7 Å². The molecule has 0 bridgehead atoms. The summed E-state index contributed by atoms with van der Waals surface area (Å²) in [6.45, 7) is 4.11. The molecule has 0 atom stereocenters. The number of nitrogens with zero attached hydrogens (tertiary/aromatic N) is 3. The molecule has 0 spiro atoms. The zero-order valence-electron chi connectivity index (χ0n) is 15.2. The molecule has 2 fully saturated rings. The Balaban J connectivity index is 1.41. The van der Waals surface area contributed by atoms with Crippen LogP contribution >= 0.6 is 0 Å². The van der Waals surface area contributed by atoms with E-state index < -0.39 is 5.41 Å². The molecule has 1 amide bonds. The Morgan fingerprint density at radius 3 is 2.42 bits per heavy atom. The summed E-state index contributed by atoms with van der Waals surface area (Å²) < 4.78 is 0. The molecule has 0 N–H and O–H groups in total. The van der Waals surface area contributed by atoms with Crippen molar-refractivity contribution in [1.29, 1.82) is 5.26 Å². The number of benzene rings is 2. The van der Waals surface area contributed by atoms with Crippen LogP contribution in [0.4, 0.5) is 0 Å². The van der Waals surface area contributed by atoms with Crippen LogP contribution in [-0.2, 0) is 11.3 Å². The maximum absolute atomic E-state index is 12.9. The quantitative estimate of drug-likeness (QED) is 0.853. The minimum absolute atomic E-state index is 0.0716. The highest BCUT2D eigenvalue weighted by Gasteiger charge is 2.44. The van der Waals surface area contributed by atoms with Crippen LogP contribution in [0.5, 0.6) is 0 Å². The minimum Gasteiger partial charge on any atom is -0.339 e. The molecule has 1 aliphatic carbocycles. The summed E-state index contributed by atoms with van der Waals surface area (Å²) in [5, 5.41) is 12.1. The standard InChI is InChI=1S/C22H25N3O/c23-17-22(10-3-4-11-22)21(26)25-14-12-24(13-15-25)16-19-8-5-7-18-6-1-2-9-20(18)19/h1-2,5-9H,3-4,10-16H2. The third-order valence-corrected chi connectivity index (χ3v) is 6.01. The first-order chi connectivity index (χ1) is 12.7. The zero-order chi connectivity index (χ0) is 18.0. The molecule has 134 valence electrons. The van der Waals surface area contributed by atoms with Crippen molar-refractivity contribution in [2.24, 2.45) is 5.41 Å². The lowest BCUT2D eigenvalue weighted by Gasteiger charge is -2.37. The molecule has 2 aromatic carbocycles. The summed E-state index contributed by atoms with van der Waals surface area (Å²) in [5.41, 5.74) is 0.602. The van der Waals surface area contributed by atoms with Crippen molar-refractivity contribution >= 4 is 16.7 Å². The van der Waals surface area contributed by atoms with Crippen molar-refractivity contribution in [2.45, 2.75) is 32.2 Å². The van der Waals surface area contributed by atoms with Gasteiger partial charge in [-0.05, 0) is 29.2 Å². The second-order valence-electron chi connectivity index (χ2n) is 7.61. The van der Waals surface area contributed by atoms with Gasteiger partial charge in [0.15, 0.2) is 0 Å². The van der Waals surface area contributed by atoms with Gasteiger partial charge in [-0.3, -0.25) is 9.69 Å². The first-order valence-corrected chi connectivity index (χ1v) is 9.61. The molecular formula is C22H25N3O. The van der Waals surface area contributed by atoms with Gasteiger partial charge in [0.2, 0.25) is 5.91 Å². The Morgan fingerprint density at radius 1 is 1.00 bits per heavy atom. The van der Waals surface area contributed by atoms with Crippen LogP contribution in [0.2, 0.25) is 0 Å². The summed E-state index contributed by atoms with van der Waals surface area (Å²) in [7, 11) is 0. The summed E-state index contributed by atoms with van der Waals surface area (Å²) in [6, 6.07) is 17.3. The highest BCUT2D eigenvalue weighted by Crippen LogP contribution is 2.39. The fraction of sp³-hybridized carbons (Fsp3) is 0.455. The van der Waals surface area contributed by atoms with Crippen LogP contribution in [0.15, 0.2) is 42.5 Å². The molecule has 1 saturated carbocycles. The minimum atomic E-state index is -0.738. The molecule has 4 heteroatoms. The van der Waals surface area contributed by atoms with Crippen molar-refractivity contribution < 1.29 is 4.79 Å². The highest BCUT2D eigenvalue weighted by molar-refractivity contribution is 5.86. The van der Waals surface area contributed by atoms with E-state index in [4.69, 9.17) is 0 Å². The van der Waals surface area contributed by atoms with E-state index in [0.717, 1.165) is 58.4 Å². The van der Waals surface area contributed by atoms with Crippen molar-refractivity contribution in [3.05, 3.63) is 48.0 Å². The Bertz CT molecular complexity index is 835. The first kappa shape index (κ1) is 17.1. The average Bonchev–Trinajstić information content (AvgIpc) is 3.19. The number of fused-ring (bicyclic) bond motifs is 1. The van der Waals surface area contributed by atoms with Gasteiger partial charge in [0.25, 0.3) is 0 Å². The number of piperazine rings is 1. The first-order valence-electron chi connectivity index (χ1n) is 9.61. The van der Waals surface area contributed by atoms with E-state index in [1.165, 1.54) is 16.3 Å². The van der Waals surface area contributed by atoms with Crippen LogP contribution in [0, 0.1) is 16.7 Å². The lowest BCUT2D eigenvalue weighted by Crippen LogP contribution is -2.52. The van der Waals surface area contributed by atoms with Crippen LogP contribution < -0.4 is 0 Å². The fourth-order valence-electron chi connectivity index (χ4n) is 4.44. The van der Waals surface area contributed by atoms with Crippen molar-refractivity contribution in [3.63, 3.8) is 0 Å². The second kappa shape index (κ2) is 7.09. The fourth-order valence-corrected chi connectivity index (χ4v) is 4.44. The van der Waals surface area contributed by atoms with E-state index in [1.807, 2.05) is 4.90 Å². The number of amides is 1. The third-order valence-electron chi connectivity index (χ3n) is 6.01. The summed E-state index contributed by atoms with van der Waals surface area (Å²) in [4.78, 5) is 17.2. The highest BCUT2D eigenvalue weighted by atomic mass is 16.2. The second-order valence-corrected chi connectivity index (χ2v) is 7.61. The molecule has 4 rings (SSSR count). The van der Waals surface area contributed by atoms with Gasteiger partial charge < -0.3 is 4.90 Å². The van der Waals surface area contributed by atoms with Crippen molar-refractivity contribution in [1.82, 2.24) is 9.80 Å². The van der Waals surface area contributed by atoms with Gasteiger partial charge in [-0.25, -0.2) is 0 Å². The van der Waals surface area contributed by atoms with Gasteiger partial charge in [0.05, 0.1) is 6.07 Å². The average molecular weight is 347 g/mol. The molecular weight excluding hydrogens is 322 g/mol. The Hall–Kier alpha value is -2.38. The molecule has 2 aromatic rings. The van der Waals surface area contributed by atoms with Crippen LogP contribution in [0.25, 0.3) is 10.8 Å². The number of hydrogen-bond donors (Lipinski definition) is 0. The van der Waals surface area contributed by atoms with Gasteiger partial charge in [0.1, 0.15) is 5.41 Å². The van der Waals surface area contributed by atoms with Gasteiger partial charge in [-0.15, -0.1) is 0 Å². The lowest BCUT2D eigenvalue weighted by atomic mass is 9.86. The largest absolute Gasteiger partial charge is 0.339 e. The SMILES string of the molecule is N#CC1(C(=O)N2CCN(Cc3cccc4ccccc34)CC2)CCCC1. The number of carbonyl (C=O) groups excluding carboxylic acids is 1. The molecule has 0 radical (unpaired) electrons. The summed E-state index contributed by atoms with van der Waals surface area (Å²) in [5.74, 6) is 0.0716. The zero-order valence-corrected chi connectivity index (χ0v) is 15.2. The Labute approximate surface area is 155 Å². The van der Waals surface area contributed by atoms with E-state index in [1.54, 1.807) is 0 Å². The number of nitriles is 1. The molecule has 0 unspecified atom stereocenters. The van der Waals surface area contributed by atoms with Crippen LogP contribution in [-0.4, -0.2) is 41.9 Å². The van der Waals surface area contributed by atoms with E-state index in [0.29, 0.717) is 0 Å². The molecule has 2 aliphatic rings. The normalized spacial score (nSPS) is 20.2. The maximum Gasteiger partial charge on any atom is 0.243 e. The number of rotatable bonds is 3. The predicted octanol–water partition coefficient (Wildman–Crippen LogP) is 3.57. The predicted molar refractivity (Wildman–Crippen MR) is 102 cm³/mol. The number of hydrogen-bond acceptors (Lipinski definition) is 3. The molecule has 4 nitrogen and oxygen atoms in total. The summed E-state index contributed by atoms with van der Waals surface area (Å²) in [6.07, 6.45) is 3.47. The summed E-state index contributed by atoms with van der Waals surface area (Å²) >= 11 is 0. The van der Waals surface area contributed by atoms with Gasteiger partial charge in [-0.2, -0.15) is 5.26 Å². The molecule has 1 heterocycles. The molecule has 26 heavy (non-hydrogen) atoms. The Kier molecular flexibility index (Phi) is 4.65. The van der Waals surface area contributed by atoms with Crippen LogP contribution in [0.3, 0.4) is 0 Å². The van der Waals surface area contributed by atoms with Crippen LogP contribution in [0.1, 0.15) is 31.2 Å². The molecule has 1 saturated heterocycles. The monoisotopic (exact) mass is 347 g/mol. The van der Waals surface area contributed by atoms with E-state index in [2.05, 4.69) is 53.4 Å². The van der Waals surface area contributed by atoms with E-state index in [9.17, 15) is 10.1 Å².